The van der Waals surface area contributed by atoms with E-state index in [9.17, 15) is 4.79 Å². The van der Waals surface area contributed by atoms with Gasteiger partial charge in [0, 0.05) is 19.5 Å². The average Bonchev–Trinajstić information content (AvgIpc) is 2.65. The molecule has 0 spiro atoms. The van der Waals surface area contributed by atoms with Crippen LogP contribution < -0.4 is 10.6 Å². The number of benzene rings is 1. The van der Waals surface area contributed by atoms with Crippen LogP contribution in [0.5, 0.6) is 0 Å². The summed E-state index contributed by atoms with van der Waals surface area (Å²) < 4.78 is 0. The maximum absolute atomic E-state index is 12.3. The van der Waals surface area contributed by atoms with Gasteiger partial charge in [-0.1, -0.05) is 45.0 Å². The second-order valence-corrected chi connectivity index (χ2v) is 7.33. The summed E-state index contributed by atoms with van der Waals surface area (Å²) in [5.74, 6) is 1.33. The maximum atomic E-state index is 12.3. The molecule has 0 aromatic heterocycles. The third-order valence-corrected chi connectivity index (χ3v) is 5.48. The lowest BCUT2D eigenvalue weighted by atomic mass is 9.84. The van der Waals surface area contributed by atoms with Crippen molar-refractivity contribution in [3.8, 4) is 0 Å². The fourth-order valence-corrected chi connectivity index (χ4v) is 3.69. The highest BCUT2D eigenvalue weighted by atomic mass is 35.5. The molecule has 1 fully saturated rings. The summed E-state index contributed by atoms with van der Waals surface area (Å²) in [5, 5.41) is 6.50. The first-order chi connectivity index (χ1) is 12.1. The second-order valence-electron chi connectivity index (χ2n) is 7.33. The van der Waals surface area contributed by atoms with Crippen molar-refractivity contribution >= 4 is 30.7 Å². The first-order valence-electron chi connectivity index (χ1n) is 9.90. The van der Waals surface area contributed by atoms with E-state index >= 15 is 0 Å². The molecule has 2 N–H and O–H groups in total. The zero-order valence-corrected chi connectivity index (χ0v) is 18.6. The number of hydrogen-bond donors (Lipinski definition) is 2. The van der Waals surface area contributed by atoms with E-state index in [1.54, 1.807) is 0 Å². The van der Waals surface area contributed by atoms with Crippen LogP contribution in [0.15, 0.2) is 24.3 Å². The van der Waals surface area contributed by atoms with E-state index in [1.807, 2.05) is 0 Å². The Morgan fingerprint density at radius 1 is 1.19 bits per heavy atom. The van der Waals surface area contributed by atoms with Gasteiger partial charge in [0.25, 0.3) is 0 Å². The van der Waals surface area contributed by atoms with Gasteiger partial charge in [-0.2, -0.15) is 0 Å². The fourth-order valence-electron chi connectivity index (χ4n) is 3.69. The van der Waals surface area contributed by atoms with E-state index in [4.69, 9.17) is 0 Å². The quantitative estimate of drug-likeness (QED) is 0.637. The highest BCUT2D eigenvalue weighted by Crippen LogP contribution is 2.24. The summed E-state index contributed by atoms with van der Waals surface area (Å²) in [6, 6.07) is 8.58. The monoisotopic (exact) mass is 417 g/mol. The number of amides is 1. The largest absolute Gasteiger partial charge is 0.352 e. The van der Waals surface area contributed by atoms with Gasteiger partial charge in [0.2, 0.25) is 5.91 Å². The molecule has 1 aromatic rings. The van der Waals surface area contributed by atoms with E-state index < -0.39 is 0 Å². The number of nitrogens with zero attached hydrogens (tertiary/aromatic N) is 1. The standard InChI is InChI=1S/C21H35N3O.2ClH/c1-4-24(5-2)16-19-8-6-7-18(14-19)15-23-21(25)13-17(3)20-9-11-22-12-10-20;;/h6-8,14,17,20,22H,4-5,9-13,15-16H2,1-3H3,(H,23,25);2*1H. The van der Waals surface area contributed by atoms with Crippen LogP contribution in [0, 0.1) is 11.8 Å². The molecule has 0 aliphatic carbocycles. The minimum Gasteiger partial charge on any atom is -0.352 e. The van der Waals surface area contributed by atoms with Crippen molar-refractivity contribution in [2.45, 2.75) is 53.1 Å². The summed E-state index contributed by atoms with van der Waals surface area (Å²) in [6.45, 7) is 12.5. The van der Waals surface area contributed by atoms with Crippen molar-refractivity contribution in [3.63, 3.8) is 0 Å². The number of nitrogens with one attached hydrogen (secondary N) is 2. The van der Waals surface area contributed by atoms with E-state index in [1.165, 1.54) is 24.0 Å². The van der Waals surface area contributed by atoms with Crippen LogP contribution in [-0.4, -0.2) is 37.0 Å². The Labute approximate surface area is 177 Å². The van der Waals surface area contributed by atoms with Gasteiger partial charge < -0.3 is 10.6 Å². The second kappa shape index (κ2) is 14.2. The Kier molecular flexibility index (Phi) is 13.8. The predicted octanol–water partition coefficient (Wildman–Crippen LogP) is 4.01. The van der Waals surface area contributed by atoms with Gasteiger partial charge >= 0.3 is 0 Å². The molecule has 0 saturated carbocycles. The molecule has 1 amide bonds. The van der Waals surface area contributed by atoms with Gasteiger partial charge in [-0.15, -0.1) is 24.8 Å². The molecule has 1 aromatic carbocycles. The molecular formula is C21H37Cl2N3O. The van der Waals surface area contributed by atoms with Crippen LogP contribution in [0.1, 0.15) is 51.2 Å². The SMILES string of the molecule is CCN(CC)Cc1cccc(CNC(=O)CC(C)C2CCNCC2)c1.Cl.Cl. The molecule has 1 aliphatic heterocycles. The number of halogens is 2. The highest BCUT2D eigenvalue weighted by molar-refractivity contribution is 5.85. The number of carbonyl (C=O) groups is 1. The molecule has 27 heavy (non-hydrogen) atoms. The van der Waals surface area contributed by atoms with Crippen LogP contribution >= 0.6 is 24.8 Å². The Bertz CT molecular complexity index is 532. The van der Waals surface area contributed by atoms with E-state index in [2.05, 4.69) is 60.6 Å². The predicted molar refractivity (Wildman–Crippen MR) is 119 cm³/mol. The molecule has 1 unspecified atom stereocenters. The van der Waals surface area contributed by atoms with Gasteiger partial charge in [-0.05, 0) is 62.0 Å². The van der Waals surface area contributed by atoms with Crippen molar-refractivity contribution in [2.24, 2.45) is 11.8 Å². The molecule has 1 saturated heterocycles. The summed E-state index contributed by atoms with van der Waals surface area (Å²) >= 11 is 0. The molecule has 0 bridgehead atoms. The molecule has 6 heteroatoms. The number of rotatable bonds is 9. The van der Waals surface area contributed by atoms with Crippen molar-refractivity contribution in [1.29, 1.82) is 0 Å². The zero-order valence-electron chi connectivity index (χ0n) is 17.0. The first kappa shape index (κ1) is 26.2. The number of carbonyl (C=O) groups excluding carboxylic acids is 1. The Balaban J connectivity index is 0.00000338. The molecule has 1 aliphatic rings. The van der Waals surface area contributed by atoms with Gasteiger partial charge in [-0.3, -0.25) is 9.69 Å². The lowest BCUT2D eigenvalue weighted by molar-refractivity contribution is -0.122. The topological polar surface area (TPSA) is 44.4 Å². The minimum atomic E-state index is 0. The van der Waals surface area contributed by atoms with E-state index in [0.29, 0.717) is 24.8 Å². The normalized spacial score (nSPS) is 15.6. The molecule has 156 valence electrons. The van der Waals surface area contributed by atoms with Crippen LogP contribution in [0.4, 0.5) is 0 Å². The van der Waals surface area contributed by atoms with Gasteiger partial charge in [-0.25, -0.2) is 0 Å². The van der Waals surface area contributed by atoms with Crippen LogP contribution in [0.3, 0.4) is 0 Å². The van der Waals surface area contributed by atoms with Crippen molar-refractivity contribution in [1.82, 2.24) is 15.5 Å². The van der Waals surface area contributed by atoms with E-state index in [0.717, 1.165) is 32.7 Å². The molecule has 1 atom stereocenters. The minimum absolute atomic E-state index is 0. The van der Waals surface area contributed by atoms with Crippen LogP contribution in [-0.2, 0) is 17.9 Å². The summed E-state index contributed by atoms with van der Waals surface area (Å²) in [4.78, 5) is 14.7. The fraction of sp³-hybridized carbons (Fsp3) is 0.667. The van der Waals surface area contributed by atoms with Gasteiger partial charge in [0.1, 0.15) is 0 Å². The Hall–Kier alpha value is -0.810. The van der Waals surface area contributed by atoms with Crippen molar-refractivity contribution < 1.29 is 4.79 Å². The maximum Gasteiger partial charge on any atom is 0.220 e. The number of hydrogen-bond acceptors (Lipinski definition) is 3. The smallest absolute Gasteiger partial charge is 0.220 e. The van der Waals surface area contributed by atoms with Crippen molar-refractivity contribution in [3.05, 3.63) is 35.4 Å². The molecule has 1 heterocycles. The Morgan fingerprint density at radius 3 is 2.44 bits per heavy atom. The number of piperidine rings is 1. The van der Waals surface area contributed by atoms with Crippen LogP contribution in [0.2, 0.25) is 0 Å². The summed E-state index contributed by atoms with van der Waals surface area (Å²) in [6.07, 6.45) is 3.04. The van der Waals surface area contributed by atoms with Gasteiger partial charge in [0.15, 0.2) is 0 Å². The zero-order chi connectivity index (χ0) is 18.1. The lowest BCUT2D eigenvalue weighted by Crippen LogP contribution is -2.33. The first-order valence-corrected chi connectivity index (χ1v) is 9.90. The van der Waals surface area contributed by atoms with Crippen LogP contribution in [0.25, 0.3) is 0 Å². The summed E-state index contributed by atoms with van der Waals surface area (Å²) in [7, 11) is 0. The third kappa shape index (κ3) is 9.29. The Morgan fingerprint density at radius 2 is 1.81 bits per heavy atom. The average molecular weight is 418 g/mol. The molecule has 2 rings (SSSR count). The molecule has 4 nitrogen and oxygen atoms in total. The molecule has 0 radical (unpaired) electrons. The third-order valence-electron chi connectivity index (χ3n) is 5.48. The lowest BCUT2D eigenvalue weighted by Gasteiger charge is -2.27. The van der Waals surface area contributed by atoms with Gasteiger partial charge in [0.05, 0.1) is 0 Å². The van der Waals surface area contributed by atoms with E-state index in [-0.39, 0.29) is 30.7 Å². The highest BCUT2D eigenvalue weighted by Gasteiger charge is 2.21. The summed E-state index contributed by atoms with van der Waals surface area (Å²) in [5.41, 5.74) is 2.51. The molecular weight excluding hydrogens is 381 g/mol. The van der Waals surface area contributed by atoms with Crippen molar-refractivity contribution in [2.75, 3.05) is 26.2 Å².